The van der Waals surface area contributed by atoms with Crippen LogP contribution in [-0.4, -0.2) is 82.1 Å². The van der Waals surface area contributed by atoms with Gasteiger partial charge in [0.15, 0.2) is 0 Å². The molecule has 0 saturated carbocycles. The second kappa shape index (κ2) is 20.8. The summed E-state index contributed by atoms with van der Waals surface area (Å²) < 4.78 is 34.2. The molecule has 0 aromatic heterocycles. The highest BCUT2D eigenvalue weighted by Gasteiger charge is 2.15. The Balaban J connectivity index is 3.53. The smallest absolute Gasteiger partial charge is 0.0948 e. The van der Waals surface area contributed by atoms with Crippen molar-refractivity contribution in [2.45, 2.75) is 129 Å². The van der Waals surface area contributed by atoms with Crippen molar-refractivity contribution >= 4 is 10.1 Å². The Labute approximate surface area is 221 Å². The predicted molar refractivity (Wildman–Crippen MR) is 152 cm³/mol. The van der Waals surface area contributed by atoms with Crippen LogP contribution in [0.15, 0.2) is 0 Å². The topological polar surface area (TPSA) is 57.2 Å². The maximum atomic E-state index is 10.7. The molecule has 0 aliphatic carbocycles. The second-order valence-corrected chi connectivity index (χ2v) is 13.9. The first kappa shape index (κ1) is 34.8. The largest absolute Gasteiger partial charge is 0.748 e. The fraction of sp³-hybridized carbons (Fsp3) is 1.00. The minimum Gasteiger partial charge on any atom is -0.748 e. The van der Waals surface area contributed by atoms with Gasteiger partial charge in [0.05, 0.1) is 64.5 Å². The van der Waals surface area contributed by atoms with Crippen LogP contribution >= 0.6 is 0 Å². The van der Waals surface area contributed by atoms with Crippen LogP contribution in [0, 0.1) is 0 Å². The number of hydrogen-bond acceptors (Lipinski definition) is 3. The van der Waals surface area contributed by atoms with Crippen molar-refractivity contribution in [1.82, 2.24) is 0 Å². The van der Waals surface area contributed by atoms with Gasteiger partial charge in [-0.2, -0.15) is 0 Å². The number of unbranched alkanes of at least 4 members (excludes halogenated alkanes) is 16. The van der Waals surface area contributed by atoms with E-state index >= 15 is 0 Å². The van der Waals surface area contributed by atoms with Crippen LogP contribution in [0.1, 0.15) is 129 Å². The molecule has 0 aliphatic heterocycles. The van der Waals surface area contributed by atoms with Crippen molar-refractivity contribution in [3.8, 4) is 0 Å². The van der Waals surface area contributed by atoms with Gasteiger partial charge >= 0.3 is 0 Å². The molecule has 0 unspecified atom stereocenters. The summed E-state index contributed by atoms with van der Waals surface area (Å²) in [5.74, 6) is -0.233. The van der Waals surface area contributed by atoms with Gasteiger partial charge in [0.25, 0.3) is 0 Å². The summed E-state index contributed by atoms with van der Waals surface area (Å²) in [6.07, 6.45) is 25.2. The first-order valence-corrected chi connectivity index (χ1v) is 16.6. The van der Waals surface area contributed by atoms with Crippen molar-refractivity contribution < 1.29 is 21.9 Å². The van der Waals surface area contributed by atoms with E-state index in [1.807, 2.05) is 0 Å². The third-order valence-corrected chi connectivity index (χ3v) is 8.34. The average molecular weight is 520 g/mol. The molecule has 0 fully saturated rings. The molecular formula is C29H63N2O3S+. The summed E-state index contributed by atoms with van der Waals surface area (Å²) in [6, 6.07) is 0. The lowest BCUT2D eigenvalue weighted by Gasteiger charge is -2.30. The van der Waals surface area contributed by atoms with Gasteiger partial charge in [0.2, 0.25) is 0 Å². The Bertz CT molecular complexity index is 576. The van der Waals surface area contributed by atoms with Gasteiger partial charge < -0.3 is 13.5 Å². The van der Waals surface area contributed by atoms with E-state index in [1.54, 1.807) is 0 Å². The average Bonchev–Trinajstić information content (AvgIpc) is 2.75. The zero-order chi connectivity index (χ0) is 26.5. The molecule has 0 bridgehead atoms. The molecule has 0 atom stereocenters. The lowest BCUT2D eigenvalue weighted by atomic mass is 10.1. The van der Waals surface area contributed by atoms with Gasteiger partial charge in [0.1, 0.15) is 0 Å². The molecule has 212 valence electrons. The molecular weight excluding hydrogens is 456 g/mol. The first-order valence-electron chi connectivity index (χ1n) is 15.0. The van der Waals surface area contributed by atoms with Crippen LogP contribution in [0.5, 0.6) is 0 Å². The van der Waals surface area contributed by atoms with E-state index in [9.17, 15) is 13.0 Å². The summed E-state index contributed by atoms with van der Waals surface area (Å²) in [5.41, 5.74) is 0. The van der Waals surface area contributed by atoms with Gasteiger partial charge in [-0.1, -0.05) is 84.0 Å². The van der Waals surface area contributed by atoms with Gasteiger partial charge in [-0.3, -0.25) is 0 Å². The standard InChI is InChI=1S/C29H63N2O3S/c1-6-7-8-9-10-11-12-13-14-15-18-21-25-30(2,3)26-22-19-16-17-20-23-27-31(4,5)28-24-29-35(32,33)34/h6-29H2,1-5H3/q+1. The van der Waals surface area contributed by atoms with Crippen molar-refractivity contribution in [2.75, 3.05) is 60.1 Å². The van der Waals surface area contributed by atoms with Crippen LogP contribution in [0.4, 0.5) is 0 Å². The molecule has 0 aromatic rings. The molecule has 35 heavy (non-hydrogen) atoms. The normalized spacial score (nSPS) is 13.0. The molecule has 0 radical (unpaired) electrons. The van der Waals surface area contributed by atoms with E-state index < -0.39 is 10.1 Å². The zero-order valence-corrected chi connectivity index (χ0v) is 25.3. The van der Waals surface area contributed by atoms with Gasteiger partial charge in [-0.25, -0.2) is 8.42 Å². The second-order valence-electron chi connectivity index (χ2n) is 12.4. The molecule has 0 heterocycles. The fourth-order valence-corrected chi connectivity index (χ4v) is 5.54. The Morgan fingerprint density at radius 3 is 1.00 bits per heavy atom. The number of nitrogens with zero attached hydrogens (tertiary/aromatic N) is 2. The van der Waals surface area contributed by atoms with Crippen molar-refractivity contribution in [3.05, 3.63) is 0 Å². The molecule has 0 aromatic carbocycles. The van der Waals surface area contributed by atoms with Crippen LogP contribution in [0.3, 0.4) is 0 Å². The van der Waals surface area contributed by atoms with Crippen molar-refractivity contribution in [2.24, 2.45) is 0 Å². The molecule has 6 heteroatoms. The Morgan fingerprint density at radius 2 is 0.714 bits per heavy atom. The van der Waals surface area contributed by atoms with Gasteiger partial charge in [-0.05, 0) is 38.5 Å². The first-order chi connectivity index (χ1) is 16.5. The molecule has 0 rings (SSSR count). The van der Waals surface area contributed by atoms with E-state index in [-0.39, 0.29) is 5.75 Å². The van der Waals surface area contributed by atoms with Gasteiger partial charge in [-0.15, -0.1) is 0 Å². The number of hydrogen-bond donors (Lipinski definition) is 0. The van der Waals surface area contributed by atoms with Crippen molar-refractivity contribution in [1.29, 1.82) is 0 Å². The van der Waals surface area contributed by atoms with E-state index in [0.717, 1.165) is 17.6 Å². The van der Waals surface area contributed by atoms with Crippen LogP contribution in [0.2, 0.25) is 0 Å². The van der Waals surface area contributed by atoms with E-state index in [4.69, 9.17) is 0 Å². The van der Waals surface area contributed by atoms with Crippen molar-refractivity contribution in [3.63, 3.8) is 0 Å². The van der Waals surface area contributed by atoms with Crippen LogP contribution in [0.25, 0.3) is 0 Å². The SMILES string of the molecule is CCCCCCCCCCCCCC[N+](C)(C)CCCCCCCC[N+](C)(C)CCCS(=O)(=O)[O-]. The maximum Gasteiger partial charge on any atom is 0.0948 e. The number of rotatable bonds is 26. The highest BCUT2D eigenvalue weighted by atomic mass is 32.2. The summed E-state index contributed by atoms with van der Waals surface area (Å²) in [7, 11) is 4.99. The van der Waals surface area contributed by atoms with Crippen LogP contribution < -0.4 is 0 Å². The summed E-state index contributed by atoms with van der Waals surface area (Å²) in [4.78, 5) is 0. The number of quaternary nitrogens is 2. The van der Waals surface area contributed by atoms with E-state index in [1.165, 1.54) is 133 Å². The third-order valence-electron chi connectivity index (χ3n) is 7.55. The fourth-order valence-electron chi connectivity index (χ4n) is 5.06. The molecule has 0 N–H and O–H groups in total. The third kappa shape index (κ3) is 26.7. The summed E-state index contributed by atoms with van der Waals surface area (Å²) in [5, 5.41) is 0. The monoisotopic (exact) mass is 519 g/mol. The van der Waals surface area contributed by atoms with Gasteiger partial charge in [0, 0.05) is 12.2 Å². The lowest BCUT2D eigenvalue weighted by Crippen LogP contribution is -2.41. The van der Waals surface area contributed by atoms with Crippen LogP contribution in [-0.2, 0) is 10.1 Å². The Morgan fingerprint density at radius 1 is 0.457 bits per heavy atom. The lowest BCUT2D eigenvalue weighted by molar-refractivity contribution is -0.890. The molecule has 0 saturated heterocycles. The maximum absolute atomic E-state index is 10.7. The quantitative estimate of drug-likeness (QED) is 0.0694. The minimum absolute atomic E-state index is 0.233. The molecule has 5 nitrogen and oxygen atoms in total. The van der Waals surface area contributed by atoms with E-state index in [2.05, 4.69) is 35.1 Å². The van der Waals surface area contributed by atoms with E-state index in [0.29, 0.717) is 6.42 Å². The Hall–Kier alpha value is -0.170. The summed E-state index contributed by atoms with van der Waals surface area (Å²) >= 11 is 0. The molecule has 0 amide bonds. The Kier molecular flexibility index (Phi) is 20.7. The minimum atomic E-state index is -4.07. The highest BCUT2D eigenvalue weighted by molar-refractivity contribution is 7.85. The molecule has 0 spiro atoms. The predicted octanol–water partition coefficient (Wildman–Crippen LogP) is 7.12. The summed E-state index contributed by atoms with van der Waals surface area (Å²) in [6.45, 7) is 6.72. The zero-order valence-electron chi connectivity index (χ0n) is 24.5. The highest BCUT2D eigenvalue weighted by Crippen LogP contribution is 2.14. The molecule has 0 aliphatic rings.